The third-order valence-corrected chi connectivity index (χ3v) is 4.08. The van der Waals surface area contributed by atoms with Gasteiger partial charge in [0, 0.05) is 0 Å². The highest BCUT2D eigenvalue weighted by atomic mass is 14.1. The Morgan fingerprint density at radius 1 is 0.737 bits per heavy atom. The van der Waals surface area contributed by atoms with Gasteiger partial charge in [0.05, 0.1) is 0 Å². The lowest BCUT2D eigenvalue weighted by Crippen LogP contribution is -1.99. The Balaban J connectivity index is 3.47. The van der Waals surface area contributed by atoms with Gasteiger partial charge in [-0.2, -0.15) is 0 Å². The first kappa shape index (κ1) is 18.7. The molecular weight excluding hydrogens is 228 g/mol. The molecule has 0 aromatic carbocycles. The molecule has 0 amide bonds. The lowest BCUT2D eigenvalue weighted by Gasteiger charge is -2.14. The van der Waals surface area contributed by atoms with Crippen molar-refractivity contribution in [1.29, 1.82) is 0 Å². The van der Waals surface area contributed by atoms with Crippen molar-refractivity contribution in [3.63, 3.8) is 0 Å². The first-order valence-corrected chi connectivity index (χ1v) is 8.55. The summed E-state index contributed by atoms with van der Waals surface area (Å²) in [6.07, 6.45) is 13.6. The van der Waals surface area contributed by atoms with E-state index in [-0.39, 0.29) is 0 Å². The molecule has 0 heteroatoms. The first-order chi connectivity index (χ1) is 8.91. The molecule has 0 aromatic rings. The summed E-state index contributed by atoms with van der Waals surface area (Å²) < 4.78 is 0. The second-order valence-corrected chi connectivity index (χ2v) is 7.32. The first-order valence-electron chi connectivity index (χ1n) is 8.55. The average molecular weight is 267 g/mol. The molecule has 0 saturated heterocycles. The second kappa shape index (κ2) is 11.6. The van der Waals surface area contributed by atoms with E-state index in [1.165, 1.54) is 56.9 Å². The van der Waals surface area contributed by atoms with Crippen LogP contribution < -0.4 is 0 Å². The monoisotopic (exact) mass is 266 g/mol. The quantitative estimate of drug-likeness (QED) is 0.353. The summed E-state index contributed by atoms with van der Waals surface area (Å²) in [5, 5.41) is 0. The van der Waals surface area contributed by atoms with Crippen molar-refractivity contribution < 1.29 is 0 Å². The van der Waals surface area contributed by atoms with Gasteiger partial charge in [-0.25, -0.2) is 0 Å². The topological polar surface area (TPSA) is 0 Å². The normalized spacial score (nSPS) is 14.5. The molecule has 0 rings (SSSR count). The van der Waals surface area contributed by atoms with Gasteiger partial charge in [-0.15, -0.1) is 0 Å². The zero-order chi connectivity index (χ0) is 14.7. The summed E-state index contributed by atoms with van der Waals surface area (Å²) in [4.78, 5) is 0. The van der Waals surface area contributed by atoms with Crippen LogP contribution in [0.15, 0.2) is 11.6 Å². The maximum Gasteiger partial charge on any atom is -0.0346 e. The maximum atomic E-state index is 2.44. The standard InChI is InChI=1S/C19H38/c1-16(2)10-7-12-18(5)14-9-15-19(6)13-8-11-17(3)4/h10,17-19H,7-9,11-15H2,1-6H3. The molecule has 0 radical (unpaired) electrons. The number of rotatable bonds is 11. The minimum atomic E-state index is 0.877. The molecule has 0 saturated carbocycles. The highest BCUT2D eigenvalue weighted by molar-refractivity contribution is 4.92. The lowest BCUT2D eigenvalue weighted by molar-refractivity contribution is 0.393. The Morgan fingerprint density at radius 3 is 1.68 bits per heavy atom. The molecule has 19 heavy (non-hydrogen) atoms. The number of hydrogen-bond donors (Lipinski definition) is 0. The molecule has 0 N–H and O–H groups in total. The Morgan fingerprint density at radius 2 is 1.21 bits per heavy atom. The lowest BCUT2D eigenvalue weighted by atomic mass is 9.92. The summed E-state index contributed by atoms with van der Waals surface area (Å²) in [7, 11) is 0. The predicted molar refractivity (Wildman–Crippen MR) is 89.5 cm³/mol. The van der Waals surface area contributed by atoms with E-state index >= 15 is 0 Å². The van der Waals surface area contributed by atoms with Crippen LogP contribution in [0.4, 0.5) is 0 Å². The van der Waals surface area contributed by atoms with Gasteiger partial charge in [0.25, 0.3) is 0 Å². The average Bonchev–Trinajstić information content (AvgIpc) is 2.27. The summed E-state index contributed by atoms with van der Waals surface area (Å²) >= 11 is 0. The minimum absolute atomic E-state index is 0.877. The summed E-state index contributed by atoms with van der Waals surface area (Å²) in [5.41, 5.74) is 1.46. The molecule has 0 aromatic heterocycles. The van der Waals surface area contributed by atoms with Crippen LogP contribution in [0.3, 0.4) is 0 Å². The summed E-state index contributed by atoms with van der Waals surface area (Å²) in [6.45, 7) is 13.9. The van der Waals surface area contributed by atoms with E-state index in [2.05, 4.69) is 47.6 Å². The molecule has 2 atom stereocenters. The van der Waals surface area contributed by atoms with E-state index in [1.54, 1.807) is 0 Å². The van der Waals surface area contributed by atoms with Crippen LogP contribution in [-0.4, -0.2) is 0 Å². The van der Waals surface area contributed by atoms with Gasteiger partial charge in [-0.05, 0) is 44.4 Å². The smallest absolute Gasteiger partial charge is 0.0346 e. The van der Waals surface area contributed by atoms with Crippen LogP contribution in [0, 0.1) is 17.8 Å². The van der Waals surface area contributed by atoms with Gasteiger partial charge in [0.15, 0.2) is 0 Å². The van der Waals surface area contributed by atoms with Crippen LogP contribution >= 0.6 is 0 Å². The van der Waals surface area contributed by atoms with Crippen LogP contribution in [0.1, 0.15) is 92.9 Å². The van der Waals surface area contributed by atoms with Crippen molar-refractivity contribution in [2.24, 2.45) is 17.8 Å². The van der Waals surface area contributed by atoms with Crippen molar-refractivity contribution in [3.05, 3.63) is 11.6 Å². The number of allylic oxidation sites excluding steroid dienone is 2. The number of hydrogen-bond acceptors (Lipinski definition) is 0. The van der Waals surface area contributed by atoms with Crippen molar-refractivity contribution in [1.82, 2.24) is 0 Å². The Bertz CT molecular complexity index is 220. The van der Waals surface area contributed by atoms with Crippen molar-refractivity contribution in [2.45, 2.75) is 92.9 Å². The van der Waals surface area contributed by atoms with Crippen LogP contribution in [0.2, 0.25) is 0 Å². The molecule has 0 bridgehead atoms. The van der Waals surface area contributed by atoms with Crippen LogP contribution in [-0.2, 0) is 0 Å². The molecule has 114 valence electrons. The summed E-state index contributed by atoms with van der Waals surface area (Å²) in [5.74, 6) is 2.71. The van der Waals surface area contributed by atoms with E-state index in [0.717, 1.165) is 17.8 Å². The maximum absolute atomic E-state index is 2.44. The molecule has 0 fully saturated rings. The van der Waals surface area contributed by atoms with Crippen molar-refractivity contribution in [2.75, 3.05) is 0 Å². The zero-order valence-electron chi connectivity index (χ0n) is 14.5. The second-order valence-electron chi connectivity index (χ2n) is 7.32. The predicted octanol–water partition coefficient (Wildman–Crippen LogP) is 7.00. The zero-order valence-corrected chi connectivity index (χ0v) is 14.5. The molecule has 2 unspecified atom stereocenters. The van der Waals surface area contributed by atoms with E-state index in [4.69, 9.17) is 0 Å². The fraction of sp³-hybridized carbons (Fsp3) is 0.895. The highest BCUT2D eigenvalue weighted by Gasteiger charge is 2.05. The fourth-order valence-electron chi connectivity index (χ4n) is 2.63. The van der Waals surface area contributed by atoms with Gasteiger partial charge < -0.3 is 0 Å². The van der Waals surface area contributed by atoms with Crippen LogP contribution in [0.5, 0.6) is 0 Å². The van der Waals surface area contributed by atoms with E-state index in [1.807, 2.05) is 0 Å². The van der Waals surface area contributed by atoms with Gasteiger partial charge in [-0.1, -0.05) is 77.9 Å². The van der Waals surface area contributed by atoms with E-state index < -0.39 is 0 Å². The molecule has 0 aliphatic heterocycles. The van der Waals surface area contributed by atoms with Gasteiger partial charge in [0.1, 0.15) is 0 Å². The largest absolute Gasteiger partial charge is 0.0859 e. The van der Waals surface area contributed by atoms with Crippen molar-refractivity contribution in [3.8, 4) is 0 Å². The Labute approximate surface area is 123 Å². The van der Waals surface area contributed by atoms with E-state index in [0.29, 0.717) is 0 Å². The Hall–Kier alpha value is -0.260. The SMILES string of the molecule is CC(C)=CCCC(C)CCCC(C)CCCC(C)C. The third kappa shape index (κ3) is 14.0. The van der Waals surface area contributed by atoms with Gasteiger partial charge in [0.2, 0.25) is 0 Å². The molecule has 0 heterocycles. The molecule has 0 aliphatic rings. The fourth-order valence-corrected chi connectivity index (χ4v) is 2.63. The highest BCUT2D eigenvalue weighted by Crippen LogP contribution is 2.21. The third-order valence-electron chi connectivity index (χ3n) is 4.08. The van der Waals surface area contributed by atoms with Gasteiger partial charge in [-0.3, -0.25) is 0 Å². The summed E-state index contributed by atoms with van der Waals surface area (Å²) in [6, 6.07) is 0. The van der Waals surface area contributed by atoms with Crippen molar-refractivity contribution >= 4 is 0 Å². The van der Waals surface area contributed by atoms with Gasteiger partial charge >= 0.3 is 0 Å². The minimum Gasteiger partial charge on any atom is -0.0859 e. The Kier molecular flexibility index (Phi) is 11.4. The van der Waals surface area contributed by atoms with E-state index in [9.17, 15) is 0 Å². The van der Waals surface area contributed by atoms with Crippen LogP contribution in [0.25, 0.3) is 0 Å². The molecule has 0 nitrogen and oxygen atoms in total. The molecule has 0 spiro atoms. The molecule has 0 aliphatic carbocycles. The molecular formula is C19H38.